The fourth-order valence-electron chi connectivity index (χ4n) is 1.35. The molecule has 0 aliphatic rings. The smallest absolute Gasteiger partial charge is 0.0897 e. The molecule has 0 saturated heterocycles. The summed E-state index contributed by atoms with van der Waals surface area (Å²) in [5.74, 6) is 1.16. The van der Waals surface area contributed by atoms with E-state index in [1.165, 1.54) is 0 Å². The molecule has 4 nitrogen and oxygen atoms in total. The van der Waals surface area contributed by atoms with Crippen LogP contribution in [0.3, 0.4) is 0 Å². The van der Waals surface area contributed by atoms with Crippen molar-refractivity contribution in [1.82, 2.24) is 5.32 Å². The zero-order chi connectivity index (χ0) is 13.5. The molecule has 0 spiro atoms. The quantitative estimate of drug-likeness (QED) is 0.472. The van der Waals surface area contributed by atoms with Gasteiger partial charge in [0.15, 0.2) is 0 Å². The van der Waals surface area contributed by atoms with Crippen molar-refractivity contribution in [2.75, 3.05) is 51.5 Å². The molecule has 0 aromatic heterocycles. The molecule has 0 fully saturated rings. The third-order valence-corrected chi connectivity index (χ3v) is 3.10. The third kappa shape index (κ3) is 14.3. The van der Waals surface area contributed by atoms with Gasteiger partial charge in [-0.2, -0.15) is 11.8 Å². The van der Waals surface area contributed by atoms with Crippen LogP contribution >= 0.6 is 11.8 Å². The second-order valence-electron chi connectivity index (χ2n) is 4.25. The molecule has 2 N–H and O–H groups in total. The highest BCUT2D eigenvalue weighted by molar-refractivity contribution is 7.98. The molecule has 5 heteroatoms. The van der Waals surface area contributed by atoms with Crippen molar-refractivity contribution in [3.8, 4) is 0 Å². The molecule has 0 heterocycles. The molecule has 1 atom stereocenters. The van der Waals surface area contributed by atoms with Gasteiger partial charge in [-0.1, -0.05) is 13.3 Å². The molecule has 0 rings (SSSR count). The van der Waals surface area contributed by atoms with Crippen LogP contribution in [0.25, 0.3) is 0 Å². The van der Waals surface area contributed by atoms with Crippen LogP contribution in [0.1, 0.15) is 26.2 Å². The molecule has 0 aliphatic heterocycles. The zero-order valence-corrected chi connectivity index (χ0v) is 12.6. The molecule has 18 heavy (non-hydrogen) atoms. The molecule has 0 aromatic carbocycles. The van der Waals surface area contributed by atoms with Crippen molar-refractivity contribution < 1.29 is 14.6 Å². The zero-order valence-electron chi connectivity index (χ0n) is 11.8. The van der Waals surface area contributed by atoms with Gasteiger partial charge in [0.25, 0.3) is 0 Å². The summed E-state index contributed by atoms with van der Waals surface area (Å²) in [6.07, 6.45) is 5.07. The monoisotopic (exact) mass is 279 g/mol. The molecule has 0 aliphatic carbocycles. The number of hydrogen-bond donors (Lipinski definition) is 2. The Hall–Kier alpha value is 0.190. The second-order valence-corrected chi connectivity index (χ2v) is 5.23. The van der Waals surface area contributed by atoms with Crippen molar-refractivity contribution >= 4 is 11.8 Å². The maximum Gasteiger partial charge on any atom is 0.0897 e. The summed E-state index contributed by atoms with van der Waals surface area (Å²) in [4.78, 5) is 0. The Labute approximate surface area is 116 Å². The van der Waals surface area contributed by atoms with E-state index >= 15 is 0 Å². The number of ether oxygens (including phenoxy) is 2. The van der Waals surface area contributed by atoms with Crippen LogP contribution in [0.4, 0.5) is 0 Å². The van der Waals surface area contributed by atoms with Gasteiger partial charge in [0, 0.05) is 13.2 Å². The van der Waals surface area contributed by atoms with E-state index in [4.69, 9.17) is 9.47 Å². The fraction of sp³-hybridized carbons (Fsp3) is 1.00. The number of hydrogen-bond acceptors (Lipinski definition) is 5. The van der Waals surface area contributed by atoms with E-state index in [1.807, 2.05) is 11.8 Å². The summed E-state index contributed by atoms with van der Waals surface area (Å²) in [5.41, 5.74) is 0. The van der Waals surface area contributed by atoms with E-state index in [1.54, 1.807) is 0 Å². The lowest BCUT2D eigenvalue weighted by molar-refractivity contribution is 0.00400. The highest BCUT2D eigenvalue weighted by Gasteiger charge is 2.03. The second kappa shape index (κ2) is 15.2. The average molecular weight is 279 g/mol. The lowest BCUT2D eigenvalue weighted by atomic mass is 10.3. The van der Waals surface area contributed by atoms with Crippen LogP contribution in [0.2, 0.25) is 0 Å². The minimum absolute atomic E-state index is 0.382. The van der Waals surface area contributed by atoms with Crippen molar-refractivity contribution in [2.24, 2.45) is 0 Å². The van der Waals surface area contributed by atoms with Gasteiger partial charge in [-0.15, -0.1) is 0 Å². The topological polar surface area (TPSA) is 50.7 Å². The standard InChI is InChI=1S/C13H29NO3S/c1-3-4-7-16-8-9-17-12-13(15)11-14-6-5-10-18-2/h13-15H,3-12H2,1-2H3. The van der Waals surface area contributed by atoms with Gasteiger partial charge in [0.05, 0.1) is 25.9 Å². The van der Waals surface area contributed by atoms with E-state index in [-0.39, 0.29) is 0 Å². The minimum atomic E-state index is -0.421. The molecule has 0 aromatic rings. The van der Waals surface area contributed by atoms with Crippen LogP contribution in [0.5, 0.6) is 0 Å². The Morgan fingerprint density at radius 3 is 2.67 bits per heavy atom. The fourth-order valence-corrected chi connectivity index (χ4v) is 1.79. The Morgan fingerprint density at radius 1 is 1.17 bits per heavy atom. The van der Waals surface area contributed by atoms with E-state index < -0.39 is 6.10 Å². The van der Waals surface area contributed by atoms with Crippen LogP contribution < -0.4 is 5.32 Å². The Morgan fingerprint density at radius 2 is 1.94 bits per heavy atom. The van der Waals surface area contributed by atoms with Crippen LogP contribution in [0, 0.1) is 0 Å². The lowest BCUT2D eigenvalue weighted by Gasteiger charge is -2.12. The molecular formula is C13H29NO3S. The Bertz CT molecular complexity index is 161. The molecule has 110 valence electrons. The van der Waals surface area contributed by atoms with Gasteiger partial charge in [0.1, 0.15) is 0 Å². The van der Waals surface area contributed by atoms with Gasteiger partial charge in [-0.3, -0.25) is 0 Å². The van der Waals surface area contributed by atoms with E-state index in [2.05, 4.69) is 18.5 Å². The summed E-state index contributed by atoms with van der Waals surface area (Å²) >= 11 is 1.84. The van der Waals surface area contributed by atoms with Gasteiger partial charge in [-0.25, -0.2) is 0 Å². The number of unbranched alkanes of at least 4 members (excludes halogenated alkanes) is 1. The van der Waals surface area contributed by atoms with Crippen molar-refractivity contribution in [3.05, 3.63) is 0 Å². The summed E-state index contributed by atoms with van der Waals surface area (Å²) in [6.45, 7) is 6.07. The summed E-state index contributed by atoms with van der Waals surface area (Å²) < 4.78 is 10.7. The lowest BCUT2D eigenvalue weighted by Crippen LogP contribution is -2.31. The molecule has 0 saturated carbocycles. The Kier molecular flexibility index (Phi) is 15.4. The SMILES string of the molecule is CCCCOCCOCC(O)CNCCCSC. The number of aliphatic hydroxyl groups is 1. The highest BCUT2D eigenvalue weighted by Crippen LogP contribution is 1.93. The maximum atomic E-state index is 9.61. The Balaban J connectivity index is 3.09. The van der Waals surface area contributed by atoms with E-state index in [0.29, 0.717) is 26.4 Å². The van der Waals surface area contributed by atoms with E-state index in [9.17, 15) is 5.11 Å². The molecular weight excluding hydrogens is 250 g/mol. The van der Waals surface area contributed by atoms with Crippen LogP contribution in [-0.2, 0) is 9.47 Å². The largest absolute Gasteiger partial charge is 0.389 e. The number of aliphatic hydroxyl groups excluding tert-OH is 1. The van der Waals surface area contributed by atoms with Crippen LogP contribution in [-0.4, -0.2) is 62.7 Å². The molecule has 1 unspecified atom stereocenters. The summed E-state index contributed by atoms with van der Waals surface area (Å²) in [5, 5.41) is 12.8. The predicted molar refractivity (Wildman–Crippen MR) is 78.4 cm³/mol. The first-order chi connectivity index (χ1) is 8.81. The van der Waals surface area contributed by atoms with Crippen molar-refractivity contribution in [2.45, 2.75) is 32.3 Å². The van der Waals surface area contributed by atoms with E-state index in [0.717, 1.165) is 38.2 Å². The maximum absolute atomic E-state index is 9.61. The van der Waals surface area contributed by atoms with Crippen LogP contribution in [0.15, 0.2) is 0 Å². The first-order valence-electron chi connectivity index (χ1n) is 6.84. The third-order valence-electron chi connectivity index (χ3n) is 2.41. The number of thioether (sulfide) groups is 1. The van der Waals surface area contributed by atoms with Gasteiger partial charge in [0.2, 0.25) is 0 Å². The van der Waals surface area contributed by atoms with Crippen molar-refractivity contribution in [3.63, 3.8) is 0 Å². The first-order valence-corrected chi connectivity index (χ1v) is 8.23. The summed E-state index contributed by atoms with van der Waals surface area (Å²) in [6, 6.07) is 0. The number of nitrogens with one attached hydrogen (secondary N) is 1. The normalized spacial score (nSPS) is 12.8. The highest BCUT2D eigenvalue weighted by atomic mass is 32.2. The first kappa shape index (κ1) is 18.2. The summed E-state index contributed by atoms with van der Waals surface area (Å²) in [7, 11) is 0. The van der Waals surface area contributed by atoms with Gasteiger partial charge < -0.3 is 19.9 Å². The predicted octanol–water partition coefficient (Wildman–Crippen LogP) is 1.52. The molecule has 0 amide bonds. The minimum Gasteiger partial charge on any atom is -0.389 e. The molecule has 0 radical (unpaired) electrons. The number of rotatable bonds is 14. The average Bonchev–Trinajstić information content (AvgIpc) is 2.37. The van der Waals surface area contributed by atoms with Gasteiger partial charge in [-0.05, 0) is 31.4 Å². The molecule has 0 bridgehead atoms. The van der Waals surface area contributed by atoms with Crippen molar-refractivity contribution in [1.29, 1.82) is 0 Å². The van der Waals surface area contributed by atoms with Gasteiger partial charge >= 0.3 is 0 Å².